The van der Waals surface area contributed by atoms with E-state index in [-0.39, 0.29) is 12.0 Å². The van der Waals surface area contributed by atoms with E-state index in [0.29, 0.717) is 12.5 Å². The molecule has 0 bridgehead atoms. The molecule has 1 aliphatic rings. The maximum atomic E-state index is 11.1. The molecule has 2 atom stereocenters. The van der Waals surface area contributed by atoms with Gasteiger partial charge >= 0.3 is 5.97 Å². The third-order valence-corrected chi connectivity index (χ3v) is 2.92. The summed E-state index contributed by atoms with van der Waals surface area (Å²) in [6.07, 6.45) is 3.47. The molecule has 0 amide bonds. The average Bonchev–Trinajstić information content (AvgIpc) is 2.17. The number of hydrogen-bond donors (Lipinski definition) is 1. The number of nitrogens with zero attached hydrogens (tertiary/aromatic N) is 1. The molecule has 2 unspecified atom stereocenters. The number of likely N-dealkylation sites (tertiary alicyclic amines) is 1. The Morgan fingerprint density at radius 1 is 1.53 bits per heavy atom. The summed E-state index contributed by atoms with van der Waals surface area (Å²) in [6, 6.07) is 0.208. The summed E-state index contributed by atoms with van der Waals surface area (Å²) in [5.74, 6) is 0.475. The summed E-state index contributed by atoms with van der Waals surface area (Å²) in [5, 5.41) is 0. The number of piperidine rings is 1. The number of nitrogens with two attached hydrogens (primary N) is 1. The lowest BCUT2D eigenvalue weighted by Crippen LogP contribution is -2.48. The predicted molar refractivity (Wildman–Crippen MR) is 59.4 cm³/mol. The molecule has 4 nitrogen and oxygen atoms in total. The first kappa shape index (κ1) is 12.5. The van der Waals surface area contributed by atoms with Crippen molar-refractivity contribution in [1.82, 2.24) is 4.90 Å². The van der Waals surface area contributed by atoms with Gasteiger partial charge in [0.2, 0.25) is 0 Å². The summed E-state index contributed by atoms with van der Waals surface area (Å²) in [6.45, 7) is 4.36. The molecule has 0 aliphatic carbocycles. The number of carbonyl (C=O) groups excluding carboxylic acids is 1. The molecule has 0 aromatic carbocycles. The Morgan fingerprint density at radius 2 is 2.27 bits per heavy atom. The van der Waals surface area contributed by atoms with Crippen LogP contribution in [0.3, 0.4) is 0 Å². The first-order valence-electron chi connectivity index (χ1n) is 5.70. The topological polar surface area (TPSA) is 55.6 Å². The number of hydrogen-bond acceptors (Lipinski definition) is 4. The van der Waals surface area contributed by atoms with Gasteiger partial charge in [0.15, 0.2) is 0 Å². The molecule has 15 heavy (non-hydrogen) atoms. The van der Waals surface area contributed by atoms with Crippen LogP contribution in [-0.4, -0.2) is 43.7 Å². The van der Waals surface area contributed by atoms with E-state index in [0.717, 1.165) is 19.5 Å². The van der Waals surface area contributed by atoms with Crippen molar-refractivity contribution in [3.8, 4) is 0 Å². The van der Waals surface area contributed by atoms with E-state index in [9.17, 15) is 4.79 Å². The molecule has 0 spiro atoms. The van der Waals surface area contributed by atoms with Crippen LogP contribution in [0.1, 0.15) is 26.2 Å². The fraction of sp³-hybridized carbons (Fsp3) is 0.909. The van der Waals surface area contributed by atoms with E-state index in [1.807, 2.05) is 0 Å². The second-order valence-electron chi connectivity index (χ2n) is 4.42. The zero-order valence-electron chi connectivity index (χ0n) is 9.74. The van der Waals surface area contributed by atoms with E-state index in [1.165, 1.54) is 20.0 Å². The first-order valence-corrected chi connectivity index (χ1v) is 5.70. The minimum absolute atomic E-state index is 0.167. The molecule has 0 saturated carbocycles. The minimum atomic E-state index is -0.167. The Morgan fingerprint density at radius 3 is 2.87 bits per heavy atom. The van der Waals surface area contributed by atoms with Crippen molar-refractivity contribution in [1.29, 1.82) is 0 Å². The zero-order chi connectivity index (χ0) is 11.3. The predicted octanol–water partition coefficient (Wildman–Crippen LogP) is 0.609. The van der Waals surface area contributed by atoms with Crippen molar-refractivity contribution in [2.75, 3.05) is 26.7 Å². The zero-order valence-corrected chi connectivity index (χ0v) is 9.74. The monoisotopic (exact) mass is 214 g/mol. The summed E-state index contributed by atoms with van der Waals surface area (Å²) in [7, 11) is 1.43. The molecule has 1 heterocycles. The van der Waals surface area contributed by atoms with Crippen LogP contribution >= 0.6 is 0 Å². The van der Waals surface area contributed by atoms with E-state index < -0.39 is 0 Å². The van der Waals surface area contributed by atoms with Gasteiger partial charge in [-0.1, -0.05) is 13.3 Å². The van der Waals surface area contributed by atoms with Crippen LogP contribution < -0.4 is 5.73 Å². The lowest BCUT2D eigenvalue weighted by Gasteiger charge is -2.35. The van der Waals surface area contributed by atoms with Gasteiger partial charge in [0.1, 0.15) is 0 Å². The molecule has 4 heteroatoms. The molecule has 88 valence electrons. The third kappa shape index (κ3) is 4.18. The van der Waals surface area contributed by atoms with Crippen LogP contribution in [0.2, 0.25) is 0 Å². The lowest BCUT2D eigenvalue weighted by atomic mass is 9.91. The molecule has 0 radical (unpaired) electrons. The maximum absolute atomic E-state index is 11.1. The fourth-order valence-corrected chi connectivity index (χ4v) is 2.34. The Balaban J connectivity index is 2.40. The quantitative estimate of drug-likeness (QED) is 0.697. The van der Waals surface area contributed by atoms with Crippen LogP contribution in [0.25, 0.3) is 0 Å². The normalized spacial score (nSPS) is 27.7. The minimum Gasteiger partial charge on any atom is -0.468 e. The molecule has 1 fully saturated rings. The lowest BCUT2D eigenvalue weighted by molar-refractivity contribution is -0.142. The molecule has 0 aromatic heterocycles. The molecule has 1 aliphatic heterocycles. The number of rotatable bonds is 4. The van der Waals surface area contributed by atoms with Crippen molar-refractivity contribution in [3.05, 3.63) is 0 Å². The van der Waals surface area contributed by atoms with Crippen LogP contribution in [0.15, 0.2) is 0 Å². The van der Waals surface area contributed by atoms with Crippen LogP contribution in [0.4, 0.5) is 0 Å². The van der Waals surface area contributed by atoms with E-state index in [4.69, 9.17) is 5.73 Å². The Hall–Kier alpha value is -0.610. The van der Waals surface area contributed by atoms with Crippen molar-refractivity contribution in [2.24, 2.45) is 11.7 Å². The highest BCUT2D eigenvalue weighted by molar-refractivity contribution is 5.71. The third-order valence-electron chi connectivity index (χ3n) is 2.92. The number of ether oxygens (including phenoxy) is 1. The maximum Gasteiger partial charge on any atom is 0.319 e. The second kappa shape index (κ2) is 6.08. The van der Waals surface area contributed by atoms with E-state index in [2.05, 4.69) is 16.6 Å². The highest BCUT2D eigenvalue weighted by Crippen LogP contribution is 2.20. The summed E-state index contributed by atoms with van der Waals surface area (Å²) in [4.78, 5) is 13.3. The van der Waals surface area contributed by atoms with Crippen molar-refractivity contribution in [3.63, 3.8) is 0 Å². The van der Waals surface area contributed by atoms with Crippen LogP contribution in [-0.2, 0) is 9.53 Å². The average molecular weight is 214 g/mol. The van der Waals surface area contributed by atoms with Gasteiger partial charge < -0.3 is 10.5 Å². The van der Waals surface area contributed by atoms with Crippen LogP contribution in [0, 0.1) is 5.92 Å². The first-order chi connectivity index (χ1) is 7.15. The van der Waals surface area contributed by atoms with Gasteiger partial charge in [0.25, 0.3) is 0 Å². The number of carbonyl (C=O) groups is 1. The van der Waals surface area contributed by atoms with Gasteiger partial charge in [-0.25, -0.2) is 0 Å². The summed E-state index contributed by atoms with van der Waals surface area (Å²) >= 11 is 0. The van der Waals surface area contributed by atoms with E-state index in [1.54, 1.807) is 0 Å². The van der Waals surface area contributed by atoms with Gasteiger partial charge in [0.05, 0.1) is 13.7 Å². The van der Waals surface area contributed by atoms with Gasteiger partial charge in [-0.2, -0.15) is 0 Å². The molecule has 1 saturated heterocycles. The van der Waals surface area contributed by atoms with Gasteiger partial charge in [0, 0.05) is 19.1 Å². The Bertz CT molecular complexity index is 209. The van der Waals surface area contributed by atoms with Crippen molar-refractivity contribution >= 4 is 5.97 Å². The highest BCUT2D eigenvalue weighted by atomic mass is 16.5. The van der Waals surface area contributed by atoms with Crippen LogP contribution in [0.5, 0.6) is 0 Å². The largest absolute Gasteiger partial charge is 0.468 e. The SMILES string of the molecule is CCCC1CC(N)CN(CC(=O)OC)C1. The van der Waals surface area contributed by atoms with Crippen molar-refractivity contribution < 1.29 is 9.53 Å². The van der Waals surface area contributed by atoms with Gasteiger partial charge in [-0.05, 0) is 18.8 Å². The second-order valence-corrected chi connectivity index (χ2v) is 4.42. The highest BCUT2D eigenvalue weighted by Gasteiger charge is 2.25. The molecule has 0 aromatic rings. The van der Waals surface area contributed by atoms with E-state index >= 15 is 0 Å². The molecule has 1 rings (SSSR count). The van der Waals surface area contributed by atoms with Crippen molar-refractivity contribution in [2.45, 2.75) is 32.2 Å². The number of methoxy groups -OCH3 is 1. The van der Waals surface area contributed by atoms with Gasteiger partial charge in [-0.15, -0.1) is 0 Å². The summed E-state index contributed by atoms with van der Waals surface area (Å²) < 4.78 is 4.66. The van der Waals surface area contributed by atoms with Gasteiger partial charge in [-0.3, -0.25) is 9.69 Å². The Kier molecular flexibility index (Phi) is 5.05. The summed E-state index contributed by atoms with van der Waals surface area (Å²) in [5.41, 5.74) is 5.97. The Labute approximate surface area is 91.8 Å². The standard InChI is InChI=1S/C11H22N2O2/c1-3-4-9-5-10(12)7-13(6-9)8-11(14)15-2/h9-10H,3-8,12H2,1-2H3. The number of esters is 1. The fourth-order valence-electron chi connectivity index (χ4n) is 2.34. The molecular formula is C11H22N2O2. The molecular weight excluding hydrogens is 192 g/mol. The molecule has 2 N–H and O–H groups in total. The smallest absolute Gasteiger partial charge is 0.319 e.